The van der Waals surface area contributed by atoms with E-state index >= 15 is 0 Å². The molecule has 2 rings (SSSR count). The predicted molar refractivity (Wildman–Crippen MR) is 99.7 cm³/mol. The Balaban J connectivity index is 1.95. The van der Waals surface area contributed by atoms with E-state index in [-0.39, 0.29) is 18.0 Å². The summed E-state index contributed by atoms with van der Waals surface area (Å²) < 4.78 is 10.1. The molecule has 0 aliphatic carbocycles. The van der Waals surface area contributed by atoms with Gasteiger partial charge in [-0.2, -0.15) is 0 Å². The molecule has 0 radical (unpaired) electrons. The van der Waals surface area contributed by atoms with Crippen LogP contribution in [0.4, 0.5) is 0 Å². The molecule has 0 N–H and O–H groups in total. The van der Waals surface area contributed by atoms with Gasteiger partial charge >= 0.3 is 12.0 Å². The Hall–Kier alpha value is -2.87. The van der Waals surface area contributed by atoms with Gasteiger partial charge in [-0.15, -0.1) is 0 Å². The van der Waals surface area contributed by atoms with Crippen molar-refractivity contribution >= 4 is 5.97 Å². The summed E-state index contributed by atoms with van der Waals surface area (Å²) in [5, 5.41) is 0. The number of carbonyl (C=O) groups is 1. The van der Waals surface area contributed by atoms with E-state index in [1.807, 2.05) is 45.0 Å². The molecule has 0 bridgehead atoms. The average molecular weight is 352 g/mol. The molecule has 0 saturated carbocycles. The maximum absolute atomic E-state index is 11.3. The van der Waals surface area contributed by atoms with Gasteiger partial charge in [0, 0.05) is 24.4 Å². The van der Waals surface area contributed by atoms with Gasteiger partial charge in [0.15, 0.2) is 0 Å². The minimum atomic E-state index is -0.174. The number of esters is 1. The molecule has 0 fully saturated rings. The van der Waals surface area contributed by atoms with Crippen molar-refractivity contribution in [3.05, 3.63) is 53.3 Å². The highest BCUT2D eigenvalue weighted by molar-refractivity contribution is 5.69. The molecule has 0 saturated heterocycles. The van der Waals surface area contributed by atoms with Crippen LogP contribution in [0.15, 0.2) is 36.7 Å². The van der Waals surface area contributed by atoms with Crippen molar-refractivity contribution in [3.8, 4) is 17.9 Å². The predicted octanol–water partition coefficient (Wildman–Crippen LogP) is 3.41. The number of aromatic nitrogens is 2. The molecule has 5 nitrogen and oxygen atoms in total. The zero-order valence-electron chi connectivity index (χ0n) is 15.7. The molecule has 1 aromatic heterocycles. The fourth-order valence-electron chi connectivity index (χ4n) is 2.36. The second-order valence-corrected chi connectivity index (χ2v) is 6.46. The van der Waals surface area contributed by atoms with E-state index in [1.165, 1.54) is 12.7 Å². The number of carbonyl (C=O) groups excluding carboxylic acids is 1. The first kappa shape index (κ1) is 19.5. The molecular weight excluding hydrogens is 328 g/mol. The summed E-state index contributed by atoms with van der Waals surface area (Å²) in [6.45, 7) is 5.89. The van der Waals surface area contributed by atoms with Gasteiger partial charge in [-0.05, 0) is 43.9 Å². The van der Waals surface area contributed by atoms with Gasteiger partial charge < -0.3 is 9.47 Å². The third-order valence-corrected chi connectivity index (χ3v) is 3.60. The zero-order chi connectivity index (χ0) is 18.9. The van der Waals surface area contributed by atoms with E-state index in [4.69, 9.17) is 9.47 Å². The summed E-state index contributed by atoms with van der Waals surface area (Å²) in [4.78, 5) is 19.6. The Kier molecular flexibility index (Phi) is 7.16. The van der Waals surface area contributed by atoms with Gasteiger partial charge in [0.2, 0.25) is 0 Å². The summed E-state index contributed by atoms with van der Waals surface area (Å²) in [5.74, 6) is 6.21. The molecule has 1 unspecified atom stereocenters. The van der Waals surface area contributed by atoms with E-state index in [9.17, 15) is 4.79 Å². The third kappa shape index (κ3) is 6.56. The standard InChI is InChI=1S/C21H24N2O3/c1-15(2)26-21-22-13-19(14-23-21)10-7-17-5-8-18(9-6-17)11-16(3)12-20(24)25-4/h5-6,8-9,13-16H,11-12H2,1-4H3. The Bertz CT molecular complexity index is 772. The van der Waals surface area contributed by atoms with E-state index in [0.717, 1.165) is 17.5 Å². The first-order valence-corrected chi connectivity index (χ1v) is 8.62. The Morgan fingerprint density at radius 1 is 1.04 bits per heavy atom. The SMILES string of the molecule is COC(=O)CC(C)Cc1ccc(C#Cc2cnc(OC(C)C)nc2)cc1. The number of hydrogen-bond donors (Lipinski definition) is 0. The zero-order valence-corrected chi connectivity index (χ0v) is 15.7. The molecule has 5 heteroatoms. The highest BCUT2D eigenvalue weighted by Crippen LogP contribution is 2.13. The van der Waals surface area contributed by atoms with E-state index in [1.54, 1.807) is 12.4 Å². The lowest BCUT2D eigenvalue weighted by atomic mass is 9.97. The van der Waals surface area contributed by atoms with Crippen LogP contribution in [0.2, 0.25) is 0 Å². The second kappa shape index (κ2) is 9.57. The van der Waals surface area contributed by atoms with Crippen molar-refractivity contribution in [2.24, 2.45) is 5.92 Å². The number of benzene rings is 1. The summed E-state index contributed by atoms with van der Waals surface area (Å²) in [6, 6.07) is 8.38. The fraction of sp³-hybridized carbons (Fsp3) is 0.381. The van der Waals surface area contributed by atoms with Gasteiger partial charge in [0.1, 0.15) is 0 Å². The molecule has 0 aliphatic heterocycles. The van der Waals surface area contributed by atoms with Gasteiger partial charge in [0.25, 0.3) is 0 Å². The van der Waals surface area contributed by atoms with Crippen LogP contribution in [0.3, 0.4) is 0 Å². The number of hydrogen-bond acceptors (Lipinski definition) is 5. The average Bonchev–Trinajstić information content (AvgIpc) is 2.61. The van der Waals surface area contributed by atoms with Crippen LogP contribution < -0.4 is 4.74 Å². The minimum absolute atomic E-state index is 0.0424. The maximum atomic E-state index is 11.3. The van der Waals surface area contributed by atoms with Crippen molar-refractivity contribution in [3.63, 3.8) is 0 Å². The van der Waals surface area contributed by atoms with Gasteiger partial charge in [-0.25, -0.2) is 9.97 Å². The molecule has 0 spiro atoms. The number of rotatable bonds is 6. The normalized spacial score (nSPS) is 11.4. The van der Waals surface area contributed by atoms with Crippen LogP contribution in [-0.2, 0) is 16.0 Å². The Morgan fingerprint density at radius 3 is 2.23 bits per heavy atom. The summed E-state index contributed by atoms with van der Waals surface area (Å²) in [5.41, 5.74) is 2.82. The van der Waals surface area contributed by atoms with Crippen LogP contribution in [0.5, 0.6) is 6.01 Å². The van der Waals surface area contributed by atoms with Gasteiger partial charge in [-0.1, -0.05) is 30.9 Å². The van der Waals surface area contributed by atoms with Crippen LogP contribution >= 0.6 is 0 Å². The third-order valence-electron chi connectivity index (χ3n) is 3.60. The Morgan fingerprint density at radius 2 is 1.65 bits per heavy atom. The van der Waals surface area contributed by atoms with Gasteiger partial charge in [-0.3, -0.25) is 4.79 Å². The second-order valence-electron chi connectivity index (χ2n) is 6.46. The Labute approximate surface area is 154 Å². The van der Waals surface area contributed by atoms with Crippen LogP contribution in [-0.4, -0.2) is 29.2 Å². The van der Waals surface area contributed by atoms with Crippen LogP contribution in [0, 0.1) is 17.8 Å². The molecule has 1 heterocycles. The van der Waals surface area contributed by atoms with E-state index < -0.39 is 0 Å². The highest BCUT2D eigenvalue weighted by atomic mass is 16.5. The minimum Gasteiger partial charge on any atom is -0.469 e. The summed E-state index contributed by atoms with van der Waals surface area (Å²) in [7, 11) is 1.42. The largest absolute Gasteiger partial charge is 0.469 e. The smallest absolute Gasteiger partial charge is 0.316 e. The molecule has 136 valence electrons. The van der Waals surface area contributed by atoms with Crippen LogP contribution in [0.1, 0.15) is 43.9 Å². The number of ether oxygens (including phenoxy) is 2. The first-order valence-electron chi connectivity index (χ1n) is 8.62. The van der Waals surface area contributed by atoms with E-state index in [0.29, 0.717) is 12.4 Å². The van der Waals surface area contributed by atoms with Gasteiger partial charge in [0.05, 0.1) is 18.8 Å². The molecule has 0 amide bonds. The van der Waals surface area contributed by atoms with E-state index in [2.05, 4.69) is 21.8 Å². The molecular formula is C21H24N2O3. The summed E-state index contributed by atoms with van der Waals surface area (Å²) in [6.07, 6.45) is 4.60. The van der Waals surface area contributed by atoms with Crippen molar-refractivity contribution in [2.75, 3.05) is 7.11 Å². The molecule has 0 aliphatic rings. The summed E-state index contributed by atoms with van der Waals surface area (Å²) >= 11 is 0. The maximum Gasteiger partial charge on any atom is 0.316 e. The topological polar surface area (TPSA) is 61.3 Å². The molecule has 26 heavy (non-hydrogen) atoms. The fourth-order valence-corrected chi connectivity index (χ4v) is 2.36. The number of nitrogens with zero attached hydrogens (tertiary/aromatic N) is 2. The van der Waals surface area contributed by atoms with Crippen molar-refractivity contribution in [1.82, 2.24) is 9.97 Å². The molecule has 2 aromatic rings. The van der Waals surface area contributed by atoms with Crippen molar-refractivity contribution in [1.29, 1.82) is 0 Å². The number of methoxy groups -OCH3 is 1. The van der Waals surface area contributed by atoms with Crippen LogP contribution in [0.25, 0.3) is 0 Å². The highest BCUT2D eigenvalue weighted by Gasteiger charge is 2.09. The monoisotopic (exact) mass is 352 g/mol. The lowest BCUT2D eigenvalue weighted by Crippen LogP contribution is -2.09. The quantitative estimate of drug-likeness (QED) is 0.589. The first-order chi connectivity index (χ1) is 12.5. The lowest BCUT2D eigenvalue weighted by molar-refractivity contribution is -0.141. The van der Waals surface area contributed by atoms with Crippen molar-refractivity contribution in [2.45, 2.75) is 39.7 Å². The lowest BCUT2D eigenvalue weighted by Gasteiger charge is -2.09. The van der Waals surface area contributed by atoms with Crippen molar-refractivity contribution < 1.29 is 14.3 Å². The molecule has 1 aromatic carbocycles. The molecule has 1 atom stereocenters.